The van der Waals surface area contributed by atoms with Crippen molar-refractivity contribution in [2.24, 2.45) is 0 Å². The SMILES string of the molecule is CCCCCCCC/C=C\CCCCCCCC(=O)OC[C@H](COP(=O)(O)O)OC(=O)CCC/C=C\C/C=C\C/C=C\C=C\[C@@H](O)CCCCC. The summed E-state index contributed by atoms with van der Waals surface area (Å²) in [6.07, 6.45) is 41.3. The van der Waals surface area contributed by atoms with E-state index in [0.29, 0.717) is 19.3 Å². The van der Waals surface area contributed by atoms with E-state index in [1.165, 1.54) is 44.9 Å². The molecular formula is C41H71O9P. The Hall–Kier alpha value is -2.29. The van der Waals surface area contributed by atoms with E-state index in [2.05, 4.69) is 42.7 Å². The van der Waals surface area contributed by atoms with Crippen LogP contribution in [-0.2, 0) is 28.2 Å². The molecule has 0 bridgehead atoms. The maximum Gasteiger partial charge on any atom is 0.469 e. The minimum absolute atomic E-state index is 0.112. The zero-order valence-corrected chi connectivity index (χ0v) is 32.7. The van der Waals surface area contributed by atoms with Crippen molar-refractivity contribution in [3.8, 4) is 0 Å². The second-order valence-corrected chi connectivity index (χ2v) is 14.3. The van der Waals surface area contributed by atoms with E-state index in [1.807, 2.05) is 36.5 Å². The molecule has 0 spiro atoms. The predicted octanol–water partition coefficient (Wildman–Crippen LogP) is 10.7. The molecule has 0 saturated carbocycles. The molecule has 2 atom stereocenters. The fourth-order valence-electron chi connectivity index (χ4n) is 5.12. The van der Waals surface area contributed by atoms with Crippen molar-refractivity contribution in [3.05, 3.63) is 60.8 Å². The standard InChI is InChI=1S/C41H71O9P/c1-3-5-7-8-9-10-11-12-13-14-17-20-23-26-30-34-40(43)48-36-39(37-49-51(45,46)47)50-41(44)35-31-27-24-21-18-15-16-19-22-25-29-33-38(42)32-28-6-4-2/h12-13,15-16,21-22,24-25,29,33,38-39,42H,3-11,14,17-20,23,26-28,30-32,34-37H2,1-2H3,(H2,45,46,47)/b13-12-,16-15-,24-21-,25-22-,33-29+/t38-,39+/m0/s1. The third-order valence-electron chi connectivity index (χ3n) is 8.11. The number of phosphoric acid groups is 1. The molecule has 0 aliphatic heterocycles. The molecule has 0 heterocycles. The zero-order valence-electron chi connectivity index (χ0n) is 31.8. The molecule has 51 heavy (non-hydrogen) atoms. The lowest BCUT2D eigenvalue weighted by Crippen LogP contribution is -2.29. The molecule has 0 amide bonds. The molecule has 0 aromatic rings. The Labute approximate surface area is 309 Å². The number of aliphatic hydroxyl groups is 1. The van der Waals surface area contributed by atoms with E-state index in [9.17, 15) is 19.3 Å². The van der Waals surface area contributed by atoms with Crippen LogP contribution >= 0.6 is 7.82 Å². The van der Waals surface area contributed by atoms with Gasteiger partial charge in [0.15, 0.2) is 6.10 Å². The average molecular weight is 739 g/mol. The number of allylic oxidation sites excluding steroid dienone is 9. The van der Waals surface area contributed by atoms with Crippen molar-refractivity contribution < 1.29 is 43.0 Å². The first-order chi connectivity index (χ1) is 24.7. The van der Waals surface area contributed by atoms with Gasteiger partial charge in [-0.3, -0.25) is 14.1 Å². The van der Waals surface area contributed by atoms with E-state index in [1.54, 1.807) is 0 Å². The maximum absolute atomic E-state index is 12.4. The summed E-state index contributed by atoms with van der Waals surface area (Å²) in [6, 6.07) is 0. The molecule has 9 nitrogen and oxygen atoms in total. The molecule has 0 aliphatic carbocycles. The van der Waals surface area contributed by atoms with E-state index < -0.39 is 32.5 Å². The number of unbranched alkanes of at least 4 members (excludes halogenated alkanes) is 14. The van der Waals surface area contributed by atoms with Crippen LogP contribution in [0.4, 0.5) is 0 Å². The van der Waals surface area contributed by atoms with Crippen LogP contribution in [0.15, 0.2) is 60.8 Å². The Morgan fingerprint density at radius 1 is 0.608 bits per heavy atom. The monoisotopic (exact) mass is 738 g/mol. The van der Waals surface area contributed by atoms with Crippen molar-refractivity contribution in [2.45, 2.75) is 174 Å². The van der Waals surface area contributed by atoms with Gasteiger partial charge in [0.05, 0.1) is 12.7 Å². The van der Waals surface area contributed by atoms with Crippen LogP contribution in [-0.4, -0.2) is 52.3 Å². The number of rotatable bonds is 35. The van der Waals surface area contributed by atoms with Crippen molar-refractivity contribution in [3.63, 3.8) is 0 Å². The Morgan fingerprint density at radius 3 is 1.80 bits per heavy atom. The van der Waals surface area contributed by atoms with E-state index in [-0.39, 0.29) is 25.6 Å². The number of aliphatic hydroxyl groups excluding tert-OH is 1. The van der Waals surface area contributed by atoms with Gasteiger partial charge in [0.25, 0.3) is 0 Å². The minimum atomic E-state index is -4.78. The van der Waals surface area contributed by atoms with E-state index in [0.717, 1.165) is 70.6 Å². The topological polar surface area (TPSA) is 140 Å². The number of carbonyl (C=O) groups excluding carboxylic acids is 2. The van der Waals surface area contributed by atoms with Crippen molar-refractivity contribution >= 4 is 19.8 Å². The summed E-state index contributed by atoms with van der Waals surface area (Å²) < 4.78 is 26.2. The smallest absolute Gasteiger partial charge is 0.462 e. The molecule has 0 saturated heterocycles. The maximum atomic E-state index is 12.4. The summed E-state index contributed by atoms with van der Waals surface area (Å²) in [5.41, 5.74) is 0. The van der Waals surface area contributed by atoms with Crippen molar-refractivity contribution in [2.75, 3.05) is 13.2 Å². The first kappa shape index (κ1) is 48.7. The normalized spacial score (nSPS) is 13.7. The zero-order chi connectivity index (χ0) is 37.7. The second-order valence-electron chi connectivity index (χ2n) is 13.1. The van der Waals surface area contributed by atoms with Gasteiger partial charge >= 0.3 is 19.8 Å². The molecular weight excluding hydrogens is 667 g/mol. The minimum Gasteiger partial charge on any atom is -0.462 e. The fraction of sp³-hybridized carbons (Fsp3) is 0.707. The Morgan fingerprint density at radius 2 is 1.14 bits per heavy atom. The van der Waals surface area contributed by atoms with Gasteiger partial charge in [0.2, 0.25) is 0 Å². The van der Waals surface area contributed by atoms with Gasteiger partial charge in [0.1, 0.15) is 6.61 Å². The molecule has 0 aromatic carbocycles. The largest absolute Gasteiger partial charge is 0.469 e. The third kappa shape index (κ3) is 38.8. The van der Waals surface area contributed by atoms with E-state index >= 15 is 0 Å². The lowest BCUT2D eigenvalue weighted by Gasteiger charge is -2.18. The fourth-order valence-corrected chi connectivity index (χ4v) is 5.48. The van der Waals surface area contributed by atoms with Gasteiger partial charge in [-0.2, -0.15) is 0 Å². The highest BCUT2D eigenvalue weighted by Gasteiger charge is 2.22. The van der Waals surface area contributed by atoms with Gasteiger partial charge in [0, 0.05) is 12.8 Å². The summed E-state index contributed by atoms with van der Waals surface area (Å²) in [5, 5.41) is 9.86. The van der Waals surface area contributed by atoms with Gasteiger partial charge < -0.3 is 24.4 Å². The van der Waals surface area contributed by atoms with Crippen LogP contribution in [0.5, 0.6) is 0 Å². The molecule has 10 heteroatoms. The third-order valence-corrected chi connectivity index (χ3v) is 8.60. The number of phosphoric ester groups is 1. The molecule has 294 valence electrons. The first-order valence-corrected chi connectivity index (χ1v) is 21.2. The van der Waals surface area contributed by atoms with Gasteiger partial charge in [-0.15, -0.1) is 0 Å². The van der Waals surface area contributed by atoms with Gasteiger partial charge in [-0.1, -0.05) is 145 Å². The number of hydrogen-bond acceptors (Lipinski definition) is 7. The van der Waals surface area contributed by atoms with Gasteiger partial charge in [-0.25, -0.2) is 4.57 Å². The van der Waals surface area contributed by atoms with Crippen molar-refractivity contribution in [1.82, 2.24) is 0 Å². The molecule has 0 radical (unpaired) electrons. The van der Waals surface area contributed by atoms with Crippen LogP contribution in [0.1, 0.15) is 162 Å². The molecule has 0 unspecified atom stereocenters. The second kappa shape index (κ2) is 36.1. The first-order valence-electron chi connectivity index (χ1n) is 19.7. The molecule has 0 rings (SSSR count). The molecule has 0 fully saturated rings. The van der Waals surface area contributed by atoms with Gasteiger partial charge in [-0.05, 0) is 64.2 Å². The highest BCUT2D eigenvalue weighted by atomic mass is 31.2. The summed E-state index contributed by atoms with van der Waals surface area (Å²) >= 11 is 0. The summed E-state index contributed by atoms with van der Waals surface area (Å²) in [6.45, 7) is 3.49. The average Bonchev–Trinajstić information content (AvgIpc) is 3.09. The highest BCUT2D eigenvalue weighted by Crippen LogP contribution is 2.36. The summed E-state index contributed by atoms with van der Waals surface area (Å²) in [4.78, 5) is 42.7. The lowest BCUT2D eigenvalue weighted by molar-refractivity contribution is -0.161. The highest BCUT2D eigenvalue weighted by molar-refractivity contribution is 7.46. The van der Waals surface area contributed by atoms with E-state index in [4.69, 9.17) is 19.3 Å². The van der Waals surface area contributed by atoms with Crippen LogP contribution in [0.3, 0.4) is 0 Å². The summed E-state index contributed by atoms with van der Waals surface area (Å²) in [7, 11) is -4.78. The van der Waals surface area contributed by atoms with Crippen LogP contribution in [0.25, 0.3) is 0 Å². The Bertz CT molecular complexity index is 1030. The lowest BCUT2D eigenvalue weighted by atomic mass is 10.1. The Kier molecular flexibility index (Phi) is 34.5. The van der Waals surface area contributed by atoms with Crippen LogP contribution in [0.2, 0.25) is 0 Å². The van der Waals surface area contributed by atoms with Crippen LogP contribution in [0, 0.1) is 0 Å². The number of ether oxygens (including phenoxy) is 2. The number of esters is 2. The summed E-state index contributed by atoms with van der Waals surface area (Å²) in [5.74, 6) is -0.991. The number of carbonyl (C=O) groups is 2. The molecule has 0 aromatic heterocycles. The van der Waals surface area contributed by atoms with Crippen LogP contribution < -0.4 is 0 Å². The Balaban J connectivity index is 4.12. The molecule has 3 N–H and O–H groups in total. The van der Waals surface area contributed by atoms with Crippen molar-refractivity contribution in [1.29, 1.82) is 0 Å². The predicted molar refractivity (Wildman–Crippen MR) is 208 cm³/mol. The molecule has 0 aliphatic rings. The quantitative estimate of drug-likeness (QED) is 0.0190. The number of hydrogen-bond donors (Lipinski definition) is 3.